The maximum Gasteiger partial charge on any atom is 0.332 e. The summed E-state index contributed by atoms with van der Waals surface area (Å²) in [5, 5.41) is 13.4. The van der Waals surface area contributed by atoms with Gasteiger partial charge in [-0.2, -0.15) is 4.37 Å². The van der Waals surface area contributed by atoms with Crippen LogP contribution in [0.25, 0.3) is 0 Å². The number of hydrogen-bond acceptors (Lipinski definition) is 10. The van der Waals surface area contributed by atoms with E-state index in [1.54, 1.807) is 13.8 Å². The van der Waals surface area contributed by atoms with Crippen molar-refractivity contribution in [2.24, 2.45) is 11.8 Å². The van der Waals surface area contributed by atoms with Gasteiger partial charge in [0.2, 0.25) is 0 Å². The van der Waals surface area contributed by atoms with Crippen LogP contribution in [0.15, 0.2) is 35.7 Å². The number of hydrogen-bond donors (Lipinski definition) is 2. The van der Waals surface area contributed by atoms with E-state index < -0.39 is 60.5 Å². The second kappa shape index (κ2) is 11.1. The number of carbonyl (C=O) groups excluding carboxylic acids is 4. The highest BCUT2D eigenvalue weighted by Crippen LogP contribution is 2.25. The highest BCUT2D eigenvalue weighted by molar-refractivity contribution is 7.04. The molecule has 0 bridgehead atoms. The van der Waals surface area contributed by atoms with Gasteiger partial charge >= 0.3 is 17.9 Å². The molecule has 34 heavy (non-hydrogen) atoms. The lowest BCUT2D eigenvalue weighted by atomic mass is 9.91. The molecule has 2 aromatic rings. The number of amides is 1. The van der Waals surface area contributed by atoms with Gasteiger partial charge in [0.05, 0.1) is 11.3 Å². The minimum Gasteiger partial charge on any atom is -0.505 e. The molecule has 0 aliphatic carbocycles. The van der Waals surface area contributed by atoms with E-state index in [1.807, 2.05) is 30.3 Å². The van der Waals surface area contributed by atoms with Crippen molar-refractivity contribution in [3.63, 3.8) is 0 Å². The van der Waals surface area contributed by atoms with Crippen LogP contribution >= 0.6 is 11.5 Å². The molecule has 4 atom stereocenters. The van der Waals surface area contributed by atoms with Gasteiger partial charge in [0.15, 0.2) is 23.6 Å². The molecule has 1 aliphatic rings. The van der Waals surface area contributed by atoms with Gasteiger partial charge in [-0.1, -0.05) is 44.2 Å². The van der Waals surface area contributed by atoms with Crippen LogP contribution in [-0.4, -0.2) is 58.2 Å². The fourth-order valence-electron chi connectivity index (χ4n) is 3.37. The second-order valence-electron chi connectivity index (χ2n) is 8.20. The van der Waals surface area contributed by atoms with Crippen molar-refractivity contribution in [2.75, 3.05) is 6.61 Å². The van der Waals surface area contributed by atoms with E-state index in [1.165, 1.54) is 12.3 Å². The average Bonchev–Trinajstić information content (AvgIpc) is 3.25. The summed E-state index contributed by atoms with van der Waals surface area (Å²) in [5.74, 6) is -4.73. The lowest BCUT2D eigenvalue weighted by molar-refractivity contribution is -0.176. The van der Waals surface area contributed by atoms with E-state index in [4.69, 9.17) is 14.2 Å². The summed E-state index contributed by atoms with van der Waals surface area (Å²) >= 11 is 0.867. The van der Waals surface area contributed by atoms with Crippen LogP contribution in [0, 0.1) is 11.8 Å². The minimum atomic E-state index is -1.35. The van der Waals surface area contributed by atoms with Crippen molar-refractivity contribution in [3.05, 3.63) is 47.0 Å². The Bertz CT molecular complexity index is 1040. The molecule has 1 aromatic carbocycles. The molecule has 1 amide bonds. The number of nitrogens with zero attached hydrogens (tertiary/aromatic N) is 1. The molecule has 0 spiro atoms. The number of esters is 3. The summed E-state index contributed by atoms with van der Waals surface area (Å²) in [6.07, 6.45) is -1.94. The van der Waals surface area contributed by atoms with E-state index in [0.29, 0.717) is 0 Å². The molecule has 2 N–H and O–H groups in total. The van der Waals surface area contributed by atoms with Gasteiger partial charge in [-0.3, -0.25) is 14.4 Å². The SMILES string of the molecule is CC(C)C(=O)OC1C(C)OC(=O)C(NC(=O)c2nscc2O)COC(=O)C1Cc1ccccc1. The highest BCUT2D eigenvalue weighted by atomic mass is 32.1. The molecule has 1 saturated heterocycles. The number of rotatable bonds is 6. The fourth-order valence-corrected chi connectivity index (χ4v) is 3.91. The van der Waals surface area contributed by atoms with Crippen molar-refractivity contribution >= 4 is 35.3 Å². The van der Waals surface area contributed by atoms with Gasteiger partial charge in [-0.05, 0) is 30.4 Å². The lowest BCUT2D eigenvalue weighted by Gasteiger charge is -2.29. The van der Waals surface area contributed by atoms with Crippen molar-refractivity contribution in [2.45, 2.75) is 45.4 Å². The summed E-state index contributed by atoms with van der Waals surface area (Å²) in [4.78, 5) is 50.7. The predicted octanol–water partition coefficient (Wildman–Crippen LogP) is 1.86. The molecule has 10 nitrogen and oxygen atoms in total. The fraction of sp³-hybridized carbons (Fsp3) is 0.435. The third-order valence-corrected chi connectivity index (χ3v) is 5.85. The molecule has 2 heterocycles. The lowest BCUT2D eigenvalue weighted by Crippen LogP contribution is -2.46. The van der Waals surface area contributed by atoms with E-state index in [-0.39, 0.29) is 17.9 Å². The number of aromatic nitrogens is 1. The van der Waals surface area contributed by atoms with Gasteiger partial charge < -0.3 is 24.6 Å². The third-order valence-electron chi connectivity index (χ3n) is 5.23. The summed E-state index contributed by atoms with van der Waals surface area (Å²) in [6, 6.07) is 7.75. The minimum absolute atomic E-state index is 0.182. The number of nitrogens with one attached hydrogen (secondary N) is 1. The third kappa shape index (κ3) is 6.10. The number of cyclic esters (lactones) is 2. The van der Waals surface area contributed by atoms with Gasteiger partial charge in [-0.25, -0.2) is 4.79 Å². The Kier molecular flexibility index (Phi) is 8.21. The van der Waals surface area contributed by atoms with Gasteiger partial charge in [0.1, 0.15) is 18.6 Å². The summed E-state index contributed by atoms with van der Waals surface area (Å²) in [6.45, 7) is 4.31. The molecule has 11 heteroatoms. The smallest absolute Gasteiger partial charge is 0.332 e. The Morgan fingerprint density at radius 3 is 2.56 bits per heavy atom. The number of carbonyl (C=O) groups is 4. The number of aromatic hydroxyl groups is 1. The van der Waals surface area contributed by atoms with E-state index in [9.17, 15) is 24.3 Å². The Balaban J connectivity index is 1.86. The first-order chi connectivity index (χ1) is 16.2. The largest absolute Gasteiger partial charge is 0.505 e. The first kappa shape index (κ1) is 25.2. The first-order valence-corrected chi connectivity index (χ1v) is 11.6. The van der Waals surface area contributed by atoms with Gasteiger partial charge in [0.25, 0.3) is 5.91 Å². The Morgan fingerprint density at radius 1 is 1.24 bits per heavy atom. The maximum atomic E-state index is 13.1. The Labute approximate surface area is 200 Å². The summed E-state index contributed by atoms with van der Waals surface area (Å²) in [7, 11) is 0. The molecular formula is C23H26N2O8S. The normalized spacial score (nSPS) is 23.2. The summed E-state index contributed by atoms with van der Waals surface area (Å²) < 4.78 is 20.3. The second-order valence-corrected chi connectivity index (χ2v) is 8.83. The van der Waals surface area contributed by atoms with Crippen LogP contribution in [0.2, 0.25) is 0 Å². The molecule has 182 valence electrons. The van der Waals surface area contributed by atoms with Crippen molar-refractivity contribution in [3.8, 4) is 5.75 Å². The number of ether oxygens (including phenoxy) is 3. The topological polar surface area (TPSA) is 141 Å². The zero-order chi connectivity index (χ0) is 24.8. The summed E-state index contributed by atoms with van der Waals surface area (Å²) in [5.41, 5.74) is 0.541. The van der Waals surface area contributed by atoms with Crippen molar-refractivity contribution in [1.29, 1.82) is 0 Å². The molecular weight excluding hydrogens is 464 g/mol. The first-order valence-electron chi connectivity index (χ1n) is 10.7. The quantitative estimate of drug-likeness (QED) is 0.458. The molecule has 4 unspecified atom stereocenters. The van der Waals surface area contributed by atoms with Crippen LogP contribution < -0.4 is 5.32 Å². The predicted molar refractivity (Wildman–Crippen MR) is 120 cm³/mol. The molecule has 1 aliphatic heterocycles. The van der Waals surface area contributed by atoms with Crippen molar-refractivity contribution in [1.82, 2.24) is 9.69 Å². The molecule has 0 radical (unpaired) electrons. The molecule has 1 aromatic heterocycles. The van der Waals surface area contributed by atoms with Crippen LogP contribution in [0.4, 0.5) is 0 Å². The van der Waals surface area contributed by atoms with Crippen LogP contribution in [0.1, 0.15) is 36.8 Å². The Morgan fingerprint density at radius 2 is 1.94 bits per heavy atom. The standard InChI is InChI=1S/C23H26N2O8S/c1-12(2)21(28)33-19-13(3)32-23(30)16(24-20(27)18-17(26)11-34-25-18)10-31-22(29)15(19)9-14-7-5-4-6-8-14/h4-8,11-13,15-16,19,26H,9-10H2,1-3H3,(H,24,27). The van der Waals surface area contributed by atoms with Gasteiger partial charge in [0, 0.05) is 0 Å². The monoisotopic (exact) mass is 490 g/mol. The van der Waals surface area contributed by atoms with Crippen LogP contribution in [0.3, 0.4) is 0 Å². The zero-order valence-corrected chi connectivity index (χ0v) is 19.7. The van der Waals surface area contributed by atoms with Gasteiger partial charge in [-0.15, -0.1) is 0 Å². The maximum absolute atomic E-state index is 13.1. The number of benzene rings is 1. The zero-order valence-electron chi connectivity index (χ0n) is 18.9. The molecule has 0 saturated carbocycles. The highest BCUT2D eigenvalue weighted by Gasteiger charge is 2.42. The van der Waals surface area contributed by atoms with Crippen LogP contribution in [0.5, 0.6) is 5.75 Å². The van der Waals surface area contributed by atoms with E-state index in [0.717, 1.165) is 17.1 Å². The molecule has 3 rings (SSSR count). The van der Waals surface area contributed by atoms with E-state index >= 15 is 0 Å². The van der Waals surface area contributed by atoms with Crippen molar-refractivity contribution < 1.29 is 38.5 Å². The van der Waals surface area contributed by atoms with Crippen LogP contribution in [-0.2, 0) is 35.0 Å². The van der Waals surface area contributed by atoms with E-state index in [2.05, 4.69) is 9.69 Å². The average molecular weight is 491 g/mol. The Hall–Kier alpha value is -3.47. The molecule has 1 fully saturated rings.